The monoisotopic (exact) mass is 249 g/mol. The maximum Gasteiger partial charge on any atom is 0.0630 e. The van der Waals surface area contributed by atoms with Crippen LogP contribution in [0.2, 0.25) is 0 Å². The van der Waals surface area contributed by atoms with Gasteiger partial charge in [-0.15, -0.1) is 0 Å². The van der Waals surface area contributed by atoms with E-state index in [9.17, 15) is 0 Å². The summed E-state index contributed by atoms with van der Waals surface area (Å²) in [6, 6.07) is 2.66. The molecular weight excluding hydrogens is 222 g/mol. The van der Waals surface area contributed by atoms with E-state index in [1.54, 1.807) is 0 Å². The van der Waals surface area contributed by atoms with E-state index in [-0.39, 0.29) is 0 Å². The average molecular weight is 249 g/mol. The van der Waals surface area contributed by atoms with Gasteiger partial charge in [0.1, 0.15) is 0 Å². The van der Waals surface area contributed by atoms with E-state index >= 15 is 0 Å². The van der Waals surface area contributed by atoms with E-state index in [0.29, 0.717) is 11.5 Å². The summed E-state index contributed by atoms with van der Waals surface area (Å²) in [7, 11) is 2.07. The van der Waals surface area contributed by atoms with Crippen molar-refractivity contribution in [3.8, 4) is 0 Å². The van der Waals surface area contributed by atoms with Gasteiger partial charge in [-0.05, 0) is 51.6 Å². The zero-order valence-corrected chi connectivity index (χ0v) is 12.1. The Kier molecular flexibility index (Phi) is 4.44. The first-order valence-corrected chi connectivity index (χ1v) is 7.34. The number of aromatic nitrogens is 2. The van der Waals surface area contributed by atoms with Crippen molar-refractivity contribution in [3.05, 3.63) is 18.0 Å². The Morgan fingerprint density at radius 1 is 1.33 bits per heavy atom. The third-order valence-electron chi connectivity index (χ3n) is 4.21. The molecule has 2 rings (SSSR count). The van der Waals surface area contributed by atoms with Crippen molar-refractivity contribution in [3.63, 3.8) is 0 Å². The summed E-state index contributed by atoms with van der Waals surface area (Å²) in [6.45, 7) is 5.49. The van der Waals surface area contributed by atoms with Crippen LogP contribution in [0.3, 0.4) is 0 Å². The molecule has 1 aromatic rings. The normalized spacial score (nSPS) is 19.3. The van der Waals surface area contributed by atoms with Crippen molar-refractivity contribution in [1.82, 2.24) is 15.1 Å². The second-order valence-electron chi connectivity index (χ2n) is 6.15. The summed E-state index contributed by atoms with van der Waals surface area (Å²) >= 11 is 0. The predicted molar refractivity (Wildman–Crippen MR) is 75.8 cm³/mol. The van der Waals surface area contributed by atoms with Crippen molar-refractivity contribution in [2.45, 2.75) is 58.4 Å². The number of hydrogen-bond donors (Lipinski definition) is 1. The van der Waals surface area contributed by atoms with Gasteiger partial charge in [-0.25, -0.2) is 0 Å². The topological polar surface area (TPSA) is 29.9 Å². The predicted octanol–water partition coefficient (Wildman–Crippen LogP) is 3.18. The number of rotatable bonds is 5. The maximum atomic E-state index is 4.72. The third-order valence-corrected chi connectivity index (χ3v) is 4.21. The lowest BCUT2D eigenvalue weighted by Crippen LogP contribution is -2.36. The van der Waals surface area contributed by atoms with Gasteiger partial charge in [-0.1, -0.05) is 19.3 Å². The van der Waals surface area contributed by atoms with Crippen LogP contribution < -0.4 is 5.32 Å². The van der Waals surface area contributed by atoms with E-state index in [0.717, 1.165) is 13.0 Å². The van der Waals surface area contributed by atoms with Crippen molar-refractivity contribution >= 4 is 0 Å². The first-order valence-electron chi connectivity index (χ1n) is 7.34. The molecule has 0 aliphatic heterocycles. The van der Waals surface area contributed by atoms with Crippen LogP contribution >= 0.6 is 0 Å². The van der Waals surface area contributed by atoms with E-state index < -0.39 is 0 Å². The lowest BCUT2D eigenvalue weighted by molar-refractivity contribution is 0.182. The molecule has 3 heteroatoms. The summed E-state index contributed by atoms with van der Waals surface area (Å²) in [4.78, 5) is 0. The number of nitrogens with zero attached hydrogens (tertiary/aromatic N) is 2. The zero-order valence-electron chi connectivity index (χ0n) is 12.1. The van der Waals surface area contributed by atoms with E-state index in [1.807, 2.05) is 0 Å². The molecule has 0 unspecified atom stereocenters. The lowest BCUT2D eigenvalue weighted by Gasteiger charge is -2.37. The minimum absolute atomic E-state index is 0.448. The molecule has 0 saturated heterocycles. The SMILES string of the molecule is CNCC1(Cc2ccn(C(C)C)n2)CCCCC1. The van der Waals surface area contributed by atoms with Gasteiger partial charge < -0.3 is 5.32 Å². The minimum atomic E-state index is 0.448. The fourth-order valence-corrected chi connectivity index (χ4v) is 3.24. The van der Waals surface area contributed by atoms with Crippen molar-refractivity contribution < 1.29 is 0 Å². The second kappa shape index (κ2) is 5.87. The smallest absolute Gasteiger partial charge is 0.0630 e. The zero-order chi connectivity index (χ0) is 13.0. The molecular formula is C15H27N3. The molecule has 1 aromatic heterocycles. The van der Waals surface area contributed by atoms with E-state index in [4.69, 9.17) is 5.10 Å². The fraction of sp³-hybridized carbons (Fsp3) is 0.800. The average Bonchev–Trinajstić information content (AvgIpc) is 2.79. The Hall–Kier alpha value is -0.830. The van der Waals surface area contributed by atoms with Crippen LogP contribution in [0.5, 0.6) is 0 Å². The van der Waals surface area contributed by atoms with Gasteiger partial charge in [-0.2, -0.15) is 5.10 Å². The Balaban J connectivity index is 2.07. The van der Waals surface area contributed by atoms with Gasteiger partial charge in [0.15, 0.2) is 0 Å². The van der Waals surface area contributed by atoms with Crippen LogP contribution in [0, 0.1) is 5.41 Å². The van der Waals surface area contributed by atoms with Crippen LogP contribution in [-0.4, -0.2) is 23.4 Å². The van der Waals surface area contributed by atoms with Crippen LogP contribution in [-0.2, 0) is 6.42 Å². The molecule has 1 aliphatic carbocycles. The lowest BCUT2D eigenvalue weighted by atomic mass is 9.71. The molecule has 0 atom stereocenters. The molecule has 18 heavy (non-hydrogen) atoms. The molecule has 0 aromatic carbocycles. The van der Waals surface area contributed by atoms with Gasteiger partial charge in [-0.3, -0.25) is 4.68 Å². The summed E-state index contributed by atoms with van der Waals surface area (Å²) in [5, 5.41) is 8.11. The standard InChI is InChI=1S/C15H27N3/c1-13(2)18-10-7-14(17-18)11-15(12-16-3)8-5-4-6-9-15/h7,10,13,16H,4-6,8-9,11-12H2,1-3H3. The molecule has 1 saturated carbocycles. The van der Waals surface area contributed by atoms with Gasteiger partial charge >= 0.3 is 0 Å². The molecule has 1 fully saturated rings. The molecule has 0 spiro atoms. The van der Waals surface area contributed by atoms with Crippen molar-refractivity contribution in [2.75, 3.05) is 13.6 Å². The minimum Gasteiger partial charge on any atom is -0.319 e. The largest absolute Gasteiger partial charge is 0.319 e. The summed E-state index contributed by atoms with van der Waals surface area (Å²) in [5.74, 6) is 0. The van der Waals surface area contributed by atoms with Crippen molar-refractivity contribution in [2.24, 2.45) is 5.41 Å². The number of nitrogens with one attached hydrogen (secondary N) is 1. The third kappa shape index (κ3) is 3.14. The van der Waals surface area contributed by atoms with Gasteiger partial charge in [0.05, 0.1) is 5.69 Å². The highest BCUT2D eigenvalue weighted by Gasteiger charge is 2.32. The molecule has 1 aliphatic rings. The van der Waals surface area contributed by atoms with Crippen LogP contribution in [0.1, 0.15) is 57.7 Å². The summed E-state index contributed by atoms with van der Waals surface area (Å²) in [6.07, 6.45) is 10.1. The Morgan fingerprint density at radius 3 is 2.61 bits per heavy atom. The quantitative estimate of drug-likeness (QED) is 0.868. The fourth-order valence-electron chi connectivity index (χ4n) is 3.24. The van der Waals surface area contributed by atoms with E-state index in [1.165, 1.54) is 37.8 Å². The first kappa shape index (κ1) is 13.6. The Morgan fingerprint density at radius 2 is 2.06 bits per heavy atom. The van der Waals surface area contributed by atoms with Gasteiger partial charge in [0.2, 0.25) is 0 Å². The molecule has 0 bridgehead atoms. The van der Waals surface area contributed by atoms with Gasteiger partial charge in [0.25, 0.3) is 0 Å². The van der Waals surface area contributed by atoms with Crippen molar-refractivity contribution in [1.29, 1.82) is 0 Å². The van der Waals surface area contributed by atoms with E-state index in [2.05, 4.69) is 43.2 Å². The molecule has 1 heterocycles. The first-order chi connectivity index (χ1) is 8.65. The van der Waals surface area contributed by atoms with Crippen LogP contribution in [0.25, 0.3) is 0 Å². The molecule has 102 valence electrons. The molecule has 1 N–H and O–H groups in total. The molecule has 0 amide bonds. The van der Waals surface area contributed by atoms with Crippen LogP contribution in [0.15, 0.2) is 12.3 Å². The summed E-state index contributed by atoms with van der Waals surface area (Å²) in [5.41, 5.74) is 1.71. The van der Waals surface area contributed by atoms with Crippen LogP contribution in [0.4, 0.5) is 0 Å². The number of hydrogen-bond acceptors (Lipinski definition) is 2. The highest BCUT2D eigenvalue weighted by molar-refractivity contribution is 5.05. The molecule has 3 nitrogen and oxygen atoms in total. The van der Waals surface area contributed by atoms with Gasteiger partial charge in [0, 0.05) is 18.8 Å². The Labute approximate surface area is 111 Å². The second-order valence-corrected chi connectivity index (χ2v) is 6.15. The highest BCUT2D eigenvalue weighted by atomic mass is 15.3. The maximum absolute atomic E-state index is 4.72. The molecule has 0 radical (unpaired) electrons. The highest BCUT2D eigenvalue weighted by Crippen LogP contribution is 2.38. The summed E-state index contributed by atoms with van der Waals surface area (Å²) < 4.78 is 2.07. The Bertz CT molecular complexity index is 356.